The predicted octanol–water partition coefficient (Wildman–Crippen LogP) is 3.84. The number of hydrogen-bond acceptors (Lipinski definition) is 7. The van der Waals surface area contributed by atoms with Gasteiger partial charge in [0.15, 0.2) is 11.6 Å². The Balaban J connectivity index is 1.52. The van der Waals surface area contributed by atoms with E-state index in [9.17, 15) is 17.2 Å². The second-order valence-corrected chi connectivity index (χ2v) is 8.59. The molecule has 3 N–H and O–H groups in total. The summed E-state index contributed by atoms with van der Waals surface area (Å²) in [6.45, 7) is 0. The molecule has 3 heterocycles. The van der Waals surface area contributed by atoms with Crippen LogP contribution in [0.15, 0.2) is 46.8 Å². The zero-order valence-electron chi connectivity index (χ0n) is 15.9. The van der Waals surface area contributed by atoms with E-state index >= 15 is 0 Å². The summed E-state index contributed by atoms with van der Waals surface area (Å²) in [5.74, 6) is -1.39. The molecule has 8 nitrogen and oxygen atoms in total. The average Bonchev–Trinajstić information content (AvgIpc) is 3.32. The first-order chi connectivity index (χ1) is 14.9. The van der Waals surface area contributed by atoms with Gasteiger partial charge >= 0.3 is 0 Å². The van der Waals surface area contributed by atoms with Crippen LogP contribution in [0.5, 0.6) is 0 Å². The van der Waals surface area contributed by atoms with Crippen molar-refractivity contribution in [3.05, 3.63) is 59.1 Å². The largest absolute Gasteiger partial charge is 0.372 e. The van der Waals surface area contributed by atoms with Crippen LogP contribution in [0, 0.1) is 11.6 Å². The number of nitrogens with zero attached hydrogens (tertiary/aromatic N) is 3. The first kappa shape index (κ1) is 19.1. The Hall–Kier alpha value is -3.86. The van der Waals surface area contributed by atoms with Crippen LogP contribution in [0.3, 0.4) is 0 Å². The standard InChI is InChI=1S/C20H14F2N6O2S/c1-23-19-13(17-12-4-5-14(21)16(22)18(12)28-27-17)9-24-20(26-19)25-11-3-2-10-6-7-31(29,30)15(10)8-11/h2-9H,1H3,(H,27,28)(H2,23,24,25,26). The molecule has 0 aliphatic carbocycles. The Kier molecular flexibility index (Phi) is 4.22. The number of H-pyrrole nitrogens is 1. The zero-order valence-corrected chi connectivity index (χ0v) is 16.8. The minimum Gasteiger partial charge on any atom is -0.372 e. The Bertz CT molecular complexity index is 1500. The molecule has 0 bridgehead atoms. The fraction of sp³-hybridized carbons (Fsp3) is 0.0500. The number of rotatable bonds is 4. The molecule has 4 aromatic rings. The Morgan fingerprint density at radius 1 is 1.13 bits per heavy atom. The van der Waals surface area contributed by atoms with Crippen LogP contribution in [-0.2, 0) is 9.84 Å². The van der Waals surface area contributed by atoms with Crippen LogP contribution in [0.25, 0.3) is 28.2 Å². The predicted molar refractivity (Wildman–Crippen MR) is 113 cm³/mol. The van der Waals surface area contributed by atoms with Crippen molar-refractivity contribution in [3.63, 3.8) is 0 Å². The lowest BCUT2D eigenvalue weighted by molar-refractivity contribution is 0.515. The Morgan fingerprint density at radius 2 is 1.97 bits per heavy atom. The van der Waals surface area contributed by atoms with E-state index in [1.807, 2.05) is 0 Å². The maximum absolute atomic E-state index is 14.0. The lowest BCUT2D eigenvalue weighted by Gasteiger charge is -2.11. The highest BCUT2D eigenvalue weighted by atomic mass is 32.2. The fourth-order valence-corrected chi connectivity index (χ4v) is 4.63. The van der Waals surface area contributed by atoms with E-state index in [1.165, 1.54) is 18.3 Å². The lowest BCUT2D eigenvalue weighted by atomic mass is 10.1. The van der Waals surface area contributed by atoms with Gasteiger partial charge in [0.1, 0.15) is 11.3 Å². The molecule has 0 atom stereocenters. The second kappa shape index (κ2) is 6.84. The van der Waals surface area contributed by atoms with E-state index in [0.29, 0.717) is 33.7 Å². The van der Waals surface area contributed by atoms with Gasteiger partial charge in [-0.1, -0.05) is 6.07 Å². The van der Waals surface area contributed by atoms with E-state index in [0.717, 1.165) is 11.5 Å². The van der Waals surface area contributed by atoms with Crippen molar-refractivity contribution in [1.82, 2.24) is 20.2 Å². The molecule has 1 aliphatic heterocycles. The molecule has 2 aromatic heterocycles. The number of hydrogen-bond donors (Lipinski definition) is 3. The number of aromatic nitrogens is 4. The van der Waals surface area contributed by atoms with Crippen LogP contribution < -0.4 is 10.6 Å². The van der Waals surface area contributed by atoms with Crippen molar-refractivity contribution in [3.8, 4) is 11.3 Å². The smallest absolute Gasteiger partial charge is 0.229 e. The van der Waals surface area contributed by atoms with Crippen LogP contribution >= 0.6 is 0 Å². The molecule has 2 aromatic carbocycles. The van der Waals surface area contributed by atoms with Gasteiger partial charge in [0.05, 0.1) is 16.2 Å². The number of fused-ring (bicyclic) bond motifs is 2. The number of benzene rings is 2. The molecule has 156 valence electrons. The van der Waals surface area contributed by atoms with Crippen molar-refractivity contribution in [1.29, 1.82) is 0 Å². The molecular formula is C20H14F2N6O2S. The molecule has 0 radical (unpaired) electrons. The van der Waals surface area contributed by atoms with E-state index in [4.69, 9.17) is 0 Å². The fourth-order valence-electron chi connectivity index (χ4n) is 3.41. The molecule has 0 saturated heterocycles. The summed E-state index contributed by atoms with van der Waals surface area (Å²) < 4.78 is 51.6. The monoisotopic (exact) mass is 440 g/mol. The lowest BCUT2D eigenvalue weighted by Crippen LogP contribution is -2.03. The van der Waals surface area contributed by atoms with Crippen molar-refractivity contribution in [2.45, 2.75) is 4.90 Å². The summed E-state index contributed by atoms with van der Waals surface area (Å²) in [5.41, 5.74) is 1.94. The first-order valence-corrected chi connectivity index (χ1v) is 10.6. The third-order valence-electron chi connectivity index (χ3n) is 4.92. The molecule has 0 saturated carbocycles. The van der Waals surface area contributed by atoms with Crippen LogP contribution in [0.4, 0.5) is 26.2 Å². The highest BCUT2D eigenvalue weighted by Gasteiger charge is 2.21. The molecule has 0 unspecified atom stereocenters. The van der Waals surface area contributed by atoms with Gasteiger partial charge < -0.3 is 10.6 Å². The summed E-state index contributed by atoms with van der Waals surface area (Å²) in [6, 6.07) is 7.39. The van der Waals surface area contributed by atoms with Crippen molar-refractivity contribution < 1.29 is 17.2 Å². The van der Waals surface area contributed by atoms with Gasteiger partial charge in [-0.05, 0) is 35.9 Å². The van der Waals surface area contributed by atoms with Crippen LogP contribution in [0.1, 0.15) is 5.56 Å². The topological polar surface area (TPSA) is 113 Å². The van der Waals surface area contributed by atoms with E-state index in [-0.39, 0.29) is 16.4 Å². The molecule has 11 heteroatoms. The van der Waals surface area contributed by atoms with Gasteiger partial charge in [0, 0.05) is 29.7 Å². The molecule has 0 amide bonds. The SMILES string of the molecule is CNc1nc(Nc2ccc3c(c2)S(=O)(=O)C=C3)ncc1-c1[nH]nc2c(F)c(F)ccc12. The highest BCUT2D eigenvalue weighted by Crippen LogP contribution is 2.33. The van der Waals surface area contributed by atoms with Gasteiger partial charge in [-0.2, -0.15) is 10.1 Å². The molecule has 0 fully saturated rings. The zero-order chi connectivity index (χ0) is 21.8. The van der Waals surface area contributed by atoms with Crippen molar-refractivity contribution >= 4 is 44.3 Å². The summed E-state index contributed by atoms with van der Waals surface area (Å²) in [4.78, 5) is 8.89. The van der Waals surface area contributed by atoms with Gasteiger partial charge in [0.25, 0.3) is 0 Å². The molecule has 1 aliphatic rings. The maximum Gasteiger partial charge on any atom is 0.229 e. The van der Waals surface area contributed by atoms with Gasteiger partial charge in [-0.3, -0.25) is 5.10 Å². The van der Waals surface area contributed by atoms with E-state index in [1.54, 1.807) is 25.3 Å². The number of halogens is 2. The summed E-state index contributed by atoms with van der Waals surface area (Å²) >= 11 is 0. The average molecular weight is 440 g/mol. The van der Waals surface area contributed by atoms with Crippen LogP contribution in [0.2, 0.25) is 0 Å². The molecule has 0 spiro atoms. The number of aromatic amines is 1. The molecular weight excluding hydrogens is 426 g/mol. The highest BCUT2D eigenvalue weighted by molar-refractivity contribution is 7.94. The summed E-state index contributed by atoms with van der Waals surface area (Å²) in [6.07, 6.45) is 3.04. The first-order valence-electron chi connectivity index (χ1n) is 9.09. The van der Waals surface area contributed by atoms with Gasteiger partial charge in [-0.25, -0.2) is 22.2 Å². The van der Waals surface area contributed by atoms with Gasteiger partial charge in [-0.15, -0.1) is 0 Å². The van der Waals surface area contributed by atoms with E-state index < -0.39 is 21.5 Å². The number of anilines is 3. The second-order valence-electron chi connectivity index (χ2n) is 6.79. The van der Waals surface area contributed by atoms with Crippen molar-refractivity contribution in [2.75, 3.05) is 17.7 Å². The van der Waals surface area contributed by atoms with E-state index in [2.05, 4.69) is 30.8 Å². The summed E-state index contributed by atoms with van der Waals surface area (Å²) in [7, 11) is -1.78. The number of sulfone groups is 1. The minimum absolute atomic E-state index is 0.118. The van der Waals surface area contributed by atoms with Crippen LogP contribution in [-0.4, -0.2) is 35.6 Å². The summed E-state index contributed by atoms with van der Waals surface area (Å²) in [5, 5.41) is 14.0. The third-order valence-corrected chi connectivity index (χ3v) is 6.38. The molecule has 5 rings (SSSR count). The third kappa shape index (κ3) is 3.10. The van der Waals surface area contributed by atoms with Crippen molar-refractivity contribution in [2.24, 2.45) is 0 Å². The minimum atomic E-state index is -3.44. The normalized spacial score (nSPS) is 14.0. The maximum atomic E-state index is 14.0. The molecule has 31 heavy (non-hydrogen) atoms. The number of nitrogens with one attached hydrogen (secondary N) is 3. The Morgan fingerprint density at radius 3 is 2.77 bits per heavy atom. The Labute approximate surface area is 175 Å². The van der Waals surface area contributed by atoms with Gasteiger partial charge in [0.2, 0.25) is 15.8 Å². The quantitative estimate of drug-likeness (QED) is 0.442.